The fraction of sp³-hybridized carbons (Fsp3) is 0.250. The third-order valence-electron chi connectivity index (χ3n) is 1.93. The van der Waals surface area contributed by atoms with Gasteiger partial charge >= 0.3 is 6.01 Å². The Hall–Kier alpha value is -1.40. The highest BCUT2D eigenvalue weighted by molar-refractivity contribution is 7.99. The van der Waals surface area contributed by atoms with Gasteiger partial charge in [-0.15, -0.1) is 0 Å². The van der Waals surface area contributed by atoms with Gasteiger partial charge in [-0.25, -0.2) is 4.39 Å². The molecular weight excluding hydrogens is 289 g/mol. The number of benzene rings is 1. The van der Waals surface area contributed by atoms with Gasteiger partial charge in [-0.05, 0) is 61.5 Å². The second kappa shape index (κ2) is 6.16. The summed E-state index contributed by atoms with van der Waals surface area (Å²) in [5, 5.41) is 0.470. The molecule has 0 aliphatic rings. The Kier molecular flexibility index (Phi) is 4.55. The number of rotatable bonds is 4. The minimum absolute atomic E-state index is 0.0536. The predicted octanol–water partition coefficient (Wildman–Crippen LogP) is 3.60. The van der Waals surface area contributed by atoms with E-state index in [-0.39, 0.29) is 23.2 Å². The Morgan fingerprint density at radius 3 is 2.47 bits per heavy atom. The van der Waals surface area contributed by atoms with Crippen LogP contribution in [0.5, 0.6) is 6.01 Å². The van der Waals surface area contributed by atoms with Gasteiger partial charge in [0.05, 0.1) is 6.10 Å². The Labute approximate surface area is 119 Å². The second-order valence-electron chi connectivity index (χ2n) is 3.89. The molecule has 0 saturated heterocycles. The molecule has 1 aromatic heterocycles. The summed E-state index contributed by atoms with van der Waals surface area (Å²) in [4.78, 5) is 12.8. The highest BCUT2D eigenvalue weighted by Crippen LogP contribution is 2.26. The van der Waals surface area contributed by atoms with Crippen LogP contribution in [0.4, 0.5) is 4.39 Å². The van der Waals surface area contributed by atoms with E-state index in [1.807, 2.05) is 13.8 Å². The van der Waals surface area contributed by atoms with E-state index in [4.69, 9.17) is 16.3 Å². The third kappa shape index (κ3) is 4.33. The van der Waals surface area contributed by atoms with Crippen molar-refractivity contribution in [1.29, 1.82) is 0 Å². The lowest BCUT2D eigenvalue weighted by molar-refractivity contribution is 0.219. The molecule has 1 aromatic carbocycles. The molecule has 0 aliphatic heterocycles. The maximum atomic E-state index is 12.8. The molecular formula is C12H11ClFN3OS. The zero-order chi connectivity index (χ0) is 13.8. The summed E-state index contributed by atoms with van der Waals surface area (Å²) in [6, 6.07) is 6.20. The molecule has 7 heteroatoms. The summed E-state index contributed by atoms with van der Waals surface area (Å²) in [5.41, 5.74) is 0. The zero-order valence-corrected chi connectivity index (χ0v) is 11.9. The second-order valence-corrected chi connectivity index (χ2v) is 5.27. The Morgan fingerprint density at radius 1 is 1.16 bits per heavy atom. The summed E-state index contributed by atoms with van der Waals surface area (Å²) in [7, 11) is 0. The monoisotopic (exact) mass is 299 g/mol. The van der Waals surface area contributed by atoms with Crippen LogP contribution in [-0.4, -0.2) is 21.1 Å². The molecule has 100 valence electrons. The minimum Gasteiger partial charge on any atom is -0.461 e. The van der Waals surface area contributed by atoms with Crippen molar-refractivity contribution in [3.63, 3.8) is 0 Å². The zero-order valence-electron chi connectivity index (χ0n) is 10.3. The molecule has 0 bridgehead atoms. The molecule has 2 rings (SSSR count). The van der Waals surface area contributed by atoms with Crippen molar-refractivity contribution in [2.24, 2.45) is 0 Å². The van der Waals surface area contributed by atoms with Gasteiger partial charge in [-0.2, -0.15) is 15.0 Å². The Bertz CT molecular complexity index is 565. The van der Waals surface area contributed by atoms with Crippen molar-refractivity contribution in [3.05, 3.63) is 35.4 Å². The number of hydrogen-bond donors (Lipinski definition) is 0. The first-order valence-corrected chi connectivity index (χ1v) is 6.74. The van der Waals surface area contributed by atoms with Gasteiger partial charge in [0.2, 0.25) is 5.28 Å². The average Bonchev–Trinajstić information content (AvgIpc) is 2.30. The van der Waals surface area contributed by atoms with Crippen LogP contribution in [0, 0.1) is 5.82 Å². The molecule has 0 aliphatic carbocycles. The number of aromatic nitrogens is 3. The van der Waals surface area contributed by atoms with Crippen LogP contribution in [0.3, 0.4) is 0 Å². The highest BCUT2D eigenvalue weighted by atomic mass is 35.5. The first-order chi connectivity index (χ1) is 9.02. The van der Waals surface area contributed by atoms with Gasteiger partial charge < -0.3 is 4.74 Å². The van der Waals surface area contributed by atoms with Crippen molar-refractivity contribution in [3.8, 4) is 6.01 Å². The fourth-order valence-corrected chi connectivity index (χ4v) is 2.17. The van der Waals surface area contributed by atoms with Crippen molar-refractivity contribution in [2.75, 3.05) is 0 Å². The van der Waals surface area contributed by atoms with Gasteiger partial charge in [0.15, 0.2) is 5.16 Å². The largest absolute Gasteiger partial charge is 0.461 e. The van der Waals surface area contributed by atoms with Crippen LogP contribution < -0.4 is 4.74 Å². The normalized spacial score (nSPS) is 10.8. The first-order valence-electron chi connectivity index (χ1n) is 5.54. The smallest absolute Gasteiger partial charge is 0.322 e. The summed E-state index contributed by atoms with van der Waals surface area (Å²) in [6.45, 7) is 3.73. The van der Waals surface area contributed by atoms with Crippen molar-refractivity contribution in [2.45, 2.75) is 30.0 Å². The third-order valence-corrected chi connectivity index (χ3v) is 2.97. The summed E-state index contributed by atoms with van der Waals surface area (Å²) in [6.07, 6.45) is -0.0536. The van der Waals surface area contributed by atoms with Crippen LogP contribution in [0.25, 0.3) is 0 Å². The van der Waals surface area contributed by atoms with Crippen molar-refractivity contribution >= 4 is 23.4 Å². The molecule has 1 heterocycles. The lowest BCUT2D eigenvalue weighted by atomic mass is 10.4. The minimum atomic E-state index is -0.290. The SMILES string of the molecule is CC(C)Oc1nc(Cl)nc(Sc2ccc(F)cc2)n1. The lowest BCUT2D eigenvalue weighted by Gasteiger charge is -2.08. The van der Waals surface area contributed by atoms with E-state index in [0.29, 0.717) is 5.16 Å². The molecule has 0 saturated carbocycles. The van der Waals surface area contributed by atoms with Gasteiger partial charge in [0.1, 0.15) is 5.82 Å². The lowest BCUT2D eigenvalue weighted by Crippen LogP contribution is -2.09. The highest BCUT2D eigenvalue weighted by Gasteiger charge is 2.09. The van der Waals surface area contributed by atoms with E-state index in [1.54, 1.807) is 12.1 Å². The maximum absolute atomic E-state index is 12.8. The van der Waals surface area contributed by atoms with Crippen LogP contribution >= 0.6 is 23.4 Å². The molecule has 19 heavy (non-hydrogen) atoms. The molecule has 0 spiro atoms. The maximum Gasteiger partial charge on any atom is 0.322 e. The van der Waals surface area contributed by atoms with Crippen LogP contribution in [0.1, 0.15) is 13.8 Å². The Balaban J connectivity index is 2.19. The Morgan fingerprint density at radius 2 is 1.84 bits per heavy atom. The van der Waals surface area contributed by atoms with Crippen molar-refractivity contribution < 1.29 is 9.13 Å². The number of halogens is 2. The van der Waals surface area contributed by atoms with Gasteiger partial charge in [0.25, 0.3) is 0 Å². The standard InChI is InChI=1S/C12H11ClFN3OS/c1-7(2)18-11-15-10(13)16-12(17-11)19-9-5-3-8(14)4-6-9/h3-7H,1-2H3. The van der Waals surface area contributed by atoms with Gasteiger partial charge in [-0.1, -0.05) is 0 Å². The van der Waals surface area contributed by atoms with E-state index >= 15 is 0 Å². The molecule has 2 aromatic rings. The van der Waals surface area contributed by atoms with E-state index in [9.17, 15) is 4.39 Å². The van der Waals surface area contributed by atoms with E-state index < -0.39 is 0 Å². The number of ether oxygens (including phenoxy) is 1. The van der Waals surface area contributed by atoms with E-state index in [0.717, 1.165) is 4.90 Å². The first kappa shape index (κ1) is 14.0. The van der Waals surface area contributed by atoms with E-state index in [2.05, 4.69) is 15.0 Å². The molecule has 0 unspecified atom stereocenters. The van der Waals surface area contributed by atoms with Gasteiger partial charge in [-0.3, -0.25) is 0 Å². The molecule has 0 atom stereocenters. The molecule has 0 amide bonds. The van der Waals surface area contributed by atoms with E-state index in [1.165, 1.54) is 23.9 Å². The summed E-state index contributed by atoms with van der Waals surface area (Å²) < 4.78 is 18.2. The molecule has 0 N–H and O–H groups in total. The average molecular weight is 300 g/mol. The molecule has 0 fully saturated rings. The fourth-order valence-electron chi connectivity index (χ4n) is 1.23. The molecule has 0 radical (unpaired) electrons. The summed E-state index contributed by atoms with van der Waals surface area (Å²) in [5.74, 6) is -0.290. The summed E-state index contributed by atoms with van der Waals surface area (Å²) >= 11 is 7.07. The van der Waals surface area contributed by atoms with Gasteiger partial charge in [0, 0.05) is 4.90 Å². The quantitative estimate of drug-likeness (QED) is 0.863. The van der Waals surface area contributed by atoms with Crippen LogP contribution in [-0.2, 0) is 0 Å². The van der Waals surface area contributed by atoms with Crippen molar-refractivity contribution in [1.82, 2.24) is 15.0 Å². The number of hydrogen-bond acceptors (Lipinski definition) is 5. The van der Waals surface area contributed by atoms with Crippen LogP contribution in [0.15, 0.2) is 34.3 Å². The van der Waals surface area contributed by atoms with Crippen LogP contribution in [0.2, 0.25) is 5.28 Å². The predicted molar refractivity (Wildman–Crippen MR) is 71.1 cm³/mol. The topological polar surface area (TPSA) is 47.9 Å². The molecule has 4 nitrogen and oxygen atoms in total. The number of nitrogens with zero attached hydrogens (tertiary/aromatic N) is 3.